The molecule has 0 saturated carbocycles. The van der Waals surface area contributed by atoms with E-state index in [1.165, 1.54) is 11.0 Å². The minimum atomic E-state index is -4.32. The van der Waals surface area contributed by atoms with E-state index in [0.717, 1.165) is 4.31 Å². The van der Waals surface area contributed by atoms with Crippen LogP contribution in [0, 0.1) is 17.5 Å². The summed E-state index contributed by atoms with van der Waals surface area (Å²) in [5, 5.41) is 0. The fraction of sp³-hybridized carbons (Fsp3) is 0.312. The molecule has 136 valence electrons. The minimum Gasteiger partial charge on any atom is -0.337 e. The molecule has 1 aromatic carbocycles. The smallest absolute Gasteiger partial charge is 0.246 e. The number of sulfonamides is 1. The molecule has 1 aliphatic heterocycles. The summed E-state index contributed by atoms with van der Waals surface area (Å²) in [7, 11) is -4.32. The summed E-state index contributed by atoms with van der Waals surface area (Å²) < 4.78 is 65.9. The van der Waals surface area contributed by atoms with E-state index < -0.39 is 32.4 Å². The molecule has 1 fully saturated rings. The van der Waals surface area contributed by atoms with Crippen LogP contribution in [0.1, 0.15) is 6.92 Å². The van der Waals surface area contributed by atoms with E-state index in [1.807, 2.05) is 0 Å². The van der Waals surface area contributed by atoms with Crippen LogP contribution in [0.5, 0.6) is 0 Å². The normalized spacial score (nSPS) is 16.9. The molecule has 0 aromatic heterocycles. The monoisotopic (exact) mass is 374 g/mol. The Hall–Kier alpha value is -2.13. The molecule has 1 heterocycles. The van der Waals surface area contributed by atoms with Gasteiger partial charge in [0.15, 0.2) is 17.5 Å². The first-order valence-corrected chi connectivity index (χ1v) is 8.95. The summed E-state index contributed by atoms with van der Waals surface area (Å²) in [6.45, 7) is 1.90. The molecule has 5 nitrogen and oxygen atoms in total. The number of carbonyl (C=O) groups is 1. The highest BCUT2D eigenvalue weighted by Crippen LogP contribution is 2.24. The lowest BCUT2D eigenvalue weighted by Crippen LogP contribution is -2.50. The number of benzene rings is 1. The summed E-state index contributed by atoms with van der Waals surface area (Å²) in [6, 6.07) is 1.26. The number of hydrogen-bond donors (Lipinski definition) is 0. The number of rotatable bonds is 4. The van der Waals surface area contributed by atoms with Crippen LogP contribution in [0.25, 0.3) is 0 Å². The average molecular weight is 374 g/mol. The fourth-order valence-corrected chi connectivity index (χ4v) is 3.83. The molecule has 0 atom stereocenters. The highest BCUT2D eigenvalue weighted by atomic mass is 32.2. The van der Waals surface area contributed by atoms with Gasteiger partial charge in [0.05, 0.1) is 0 Å². The van der Waals surface area contributed by atoms with Crippen LogP contribution in [-0.2, 0) is 14.8 Å². The van der Waals surface area contributed by atoms with Gasteiger partial charge in [-0.15, -0.1) is 0 Å². The third kappa shape index (κ3) is 4.10. The van der Waals surface area contributed by atoms with Crippen LogP contribution in [0.3, 0.4) is 0 Å². The minimum absolute atomic E-state index is 0.0655. The van der Waals surface area contributed by atoms with Gasteiger partial charge < -0.3 is 4.90 Å². The van der Waals surface area contributed by atoms with Crippen molar-refractivity contribution in [3.8, 4) is 0 Å². The van der Waals surface area contributed by atoms with Gasteiger partial charge in [-0.3, -0.25) is 4.79 Å². The molecule has 1 amide bonds. The van der Waals surface area contributed by atoms with Crippen molar-refractivity contribution in [1.29, 1.82) is 0 Å². The largest absolute Gasteiger partial charge is 0.337 e. The lowest BCUT2D eigenvalue weighted by atomic mass is 10.3. The van der Waals surface area contributed by atoms with Gasteiger partial charge in [0.25, 0.3) is 0 Å². The Bertz CT molecular complexity index is 814. The maximum atomic E-state index is 13.8. The molecule has 0 spiro atoms. The molecule has 0 bridgehead atoms. The zero-order chi connectivity index (χ0) is 18.6. The van der Waals surface area contributed by atoms with Crippen LogP contribution >= 0.6 is 0 Å². The molecule has 0 aliphatic carbocycles. The lowest BCUT2D eigenvalue weighted by molar-refractivity contribution is -0.127. The van der Waals surface area contributed by atoms with E-state index in [0.29, 0.717) is 12.1 Å². The quantitative estimate of drug-likeness (QED) is 0.461. The predicted molar refractivity (Wildman–Crippen MR) is 85.6 cm³/mol. The first-order chi connectivity index (χ1) is 11.8. The number of piperazine rings is 1. The molecule has 0 unspecified atom stereocenters. The van der Waals surface area contributed by atoms with Crippen LogP contribution in [0.4, 0.5) is 13.2 Å². The van der Waals surface area contributed by atoms with Crippen molar-refractivity contribution in [2.75, 3.05) is 26.2 Å². The van der Waals surface area contributed by atoms with E-state index in [-0.39, 0.29) is 32.1 Å². The number of carbonyl (C=O) groups excluding carboxylic acids is 1. The highest BCUT2D eigenvalue weighted by Gasteiger charge is 2.33. The molecule has 9 heteroatoms. The van der Waals surface area contributed by atoms with Crippen molar-refractivity contribution in [3.63, 3.8) is 0 Å². The predicted octanol–water partition coefficient (Wildman–Crippen LogP) is 2.07. The summed E-state index contributed by atoms with van der Waals surface area (Å²) in [5.74, 6) is -5.30. The van der Waals surface area contributed by atoms with Crippen LogP contribution in [-0.4, -0.2) is 49.7 Å². The first kappa shape index (κ1) is 19.2. The summed E-state index contributed by atoms with van der Waals surface area (Å²) in [6.07, 6.45) is 6.37. The maximum Gasteiger partial charge on any atom is 0.246 e. The van der Waals surface area contributed by atoms with E-state index in [9.17, 15) is 26.4 Å². The van der Waals surface area contributed by atoms with Crippen molar-refractivity contribution in [2.24, 2.45) is 0 Å². The zero-order valence-corrected chi connectivity index (χ0v) is 14.3. The highest BCUT2D eigenvalue weighted by molar-refractivity contribution is 7.89. The Morgan fingerprint density at radius 1 is 1.04 bits per heavy atom. The van der Waals surface area contributed by atoms with Crippen LogP contribution < -0.4 is 0 Å². The molecule has 1 aromatic rings. The SMILES string of the molecule is C/C=C/C=C/C(=O)N1CCN(S(=O)(=O)c2ccc(F)c(F)c2F)CC1. The maximum absolute atomic E-state index is 13.8. The van der Waals surface area contributed by atoms with Crippen LogP contribution in [0.2, 0.25) is 0 Å². The number of hydrogen-bond acceptors (Lipinski definition) is 3. The topological polar surface area (TPSA) is 57.7 Å². The molecule has 1 aliphatic rings. The standard InChI is InChI=1S/C16H17F3N2O3S/c1-2-3-4-5-14(22)20-8-10-21(11-9-20)25(23,24)13-7-6-12(17)15(18)16(13)19/h2-7H,8-11H2,1H3/b3-2+,5-4+. The second-order valence-corrected chi connectivity index (χ2v) is 7.19. The molecule has 0 radical (unpaired) electrons. The van der Waals surface area contributed by atoms with Gasteiger partial charge in [-0.25, -0.2) is 21.6 Å². The Balaban J connectivity index is 2.12. The molecular weight excluding hydrogens is 357 g/mol. The number of halogens is 3. The third-order valence-corrected chi connectivity index (χ3v) is 5.63. The number of amides is 1. The second kappa shape index (κ2) is 7.83. The molecule has 2 rings (SSSR count). The molecule has 25 heavy (non-hydrogen) atoms. The van der Waals surface area contributed by atoms with Gasteiger partial charge >= 0.3 is 0 Å². The summed E-state index contributed by atoms with van der Waals surface area (Å²) in [4.78, 5) is 12.5. The first-order valence-electron chi connectivity index (χ1n) is 7.51. The number of allylic oxidation sites excluding steroid dienone is 3. The van der Waals surface area contributed by atoms with Gasteiger partial charge in [-0.05, 0) is 19.1 Å². The van der Waals surface area contributed by atoms with Crippen molar-refractivity contribution >= 4 is 15.9 Å². The second-order valence-electron chi connectivity index (χ2n) is 5.29. The van der Waals surface area contributed by atoms with E-state index in [2.05, 4.69) is 0 Å². The Morgan fingerprint density at radius 3 is 2.28 bits per heavy atom. The van der Waals surface area contributed by atoms with Gasteiger partial charge in [0.1, 0.15) is 4.90 Å². The molecule has 1 saturated heterocycles. The van der Waals surface area contributed by atoms with Crippen molar-refractivity contribution in [3.05, 3.63) is 53.9 Å². The van der Waals surface area contributed by atoms with Gasteiger partial charge in [-0.1, -0.05) is 18.2 Å². The fourth-order valence-electron chi connectivity index (χ4n) is 2.35. The third-order valence-electron chi connectivity index (χ3n) is 3.71. The zero-order valence-electron chi connectivity index (χ0n) is 13.5. The molecular formula is C16H17F3N2O3S. The van der Waals surface area contributed by atoms with E-state index in [1.54, 1.807) is 25.2 Å². The van der Waals surface area contributed by atoms with Crippen molar-refractivity contribution in [2.45, 2.75) is 11.8 Å². The Kier molecular flexibility index (Phi) is 6.02. The Labute approximate surface area is 144 Å². The summed E-state index contributed by atoms with van der Waals surface area (Å²) >= 11 is 0. The Morgan fingerprint density at radius 2 is 1.68 bits per heavy atom. The van der Waals surface area contributed by atoms with Crippen molar-refractivity contribution < 1.29 is 26.4 Å². The van der Waals surface area contributed by atoms with E-state index >= 15 is 0 Å². The van der Waals surface area contributed by atoms with Crippen LogP contribution in [0.15, 0.2) is 41.3 Å². The van der Waals surface area contributed by atoms with Gasteiger partial charge in [0, 0.05) is 32.3 Å². The van der Waals surface area contributed by atoms with Gasteiger partial charge in [-0.2, -0.15) is 4.31 Å². The average Bonchev–Trinajstić information content (AvgIpc) is 2.59. The van der Waals surface area contributed by atoms with Crippen molar-refractivity contribution in [1.82, 2.24) is 9.21 Å². The molecule has 0 N–H and O–H groups in total. The van der Waals surface area contributed by atoms with Gasteiger partial charge in [0.2, 0.25) is 15.9 Å². The van der Waals surface area contributed by atoms with E-state index in [4.69, 9.17) is 0 Å². The summed E-state index contributed by atoms with van der Waals surface area (Å²) in [5.41, 5.74) is 0. The lowest BCUT2D eigenvalue weighted by Gasteiger charge is -2.33. The number of nitrogens with zero attached hydrogens (tertiary/aromatic N) is 2.